The largest absolute Gasteiger partial charge is 0.390 e. The highest BCUT2D eigenvalue weighted by molar-refractivity contribution is 4.89. The molecule has 2 saturated heterocycles. The van der Waals surface area contributed by atoms with Crippen LogP contribution in [0.25, 0.3) is 0 Å². The first-order chi connectivity index (χ1) is 16.7. The lowest BCUT2D eigenvalue weighted by molar-refractivity contribution is -0.110. The van der Waals surface area contributed by atoms with Crippen LogP contribution in [0.5, 0.6) is 0 Å². The van der Waals surface area contributed by atoms with Crippen molar-refractivity contribution in [2.24, 2.45) is 0 Å². The van der Waals surface area contributed by atoms with E-state index in [1.54, 1.807) is 0 Å². The van der Waals surface area contributed by atoms with Gasteiger partial charge in [-0.05, 0) is 38.5 Å². The van der Waals surface area contributed by atoms with Gasteiger partial charge in [-0.3, -0.25) is 0 Å². The summed E-state index contributed by atoms with van der Waals surface area (Å²) in [6, 6.07) is 0. The van der Waals surface area contributed by atoms with E-state index in [9.17, 15) is 10.2 Å². The van der Waals surface area contributed by atoms with E-state index in [0.717, 1.165) is 51.4 Å². The lowest BCUT2D eigenvalue weighted by Crippen LogP contribution is -2.33. The average Bonchev–Trinajstić information content (AvgIpc) is 3.52. The van der Waals surface area contributed by atoms with E-state index >= 15 is 0 Å². The summed E-state index contributed by atoms with van der Waals surface area (Å²) in [7, 11) is 0. The Balaban J connectivity index is 1.51. The van der Waals surface area contributed by atoms with Gasteiger partial charge in [0.25, 0.3) is 0 Å². The third-order valence-corrected chi connectivity index (χ3v) is 8.15. The van der Waals surface area contributed by atoms with E-state index < -0.39 is 0 Å². The fourth-order valence-electron chi connectivity index (χ4n) is 5.84. The average molecular weight is 483 g/mol. The summed E-state index contributed by atoms with van der Waals surface area (Å²) in [6.07, 6.45) is 25.7. The van der Waals surface area contributed by atoms with E-state index in [0.29, 0.717) is 0 Å². The van der Waals surface area contributed by atoms with Crippen molar-refractivity contribution >= 4 is 0 Å². The molecular weight excluding hydrogens is 424 g/mol. The number of hydrogen-bond acceptors (Lipinski definition) is 4. The Morgan fingerprint density at radius 2 is 0.824 bits per heavy atom. The number of aliphatic hydroxyl groups excluding tert-OH is 2. The molecule has 34 heavy (non-hydrogen) atoms. The van der Waals surface area contributed by atoms with Gasteiger partial charge in [0.2, 0.25) is 0 Å². The summed E-state index contributed by atoms with van der Waals surface area (Å²) in [5.74, 6) is 0. The molecule has 6 atom stereocenters. The van der Waals surface area contributed by atoms with Gasteiger partial charge < -0.3 is 19.7 Å². The monoisotopic (exact) mass is 482 g/mol. The van der Waals surface area contributed by atoms with Crippen LogP contribution in [0, 0.1) is 0 Å². The Hall–Kier alpha value is -0.160. The van der Waals surface area contributed by atoms with Crippen LogP contribution in [0.4, 0.5) is 0 Å². The van der Waals surface area contributed by atoms with Gasteiger partial charge in [-0.1, -0.05) is 117 Å². The number of unbranched alkanes of at least 4 members (excludes halogenated alkanes) is 14. The van der Waals surface area contributed by atoms with Crippen molar-refractivity contribution < 1.29 is 19.7 Å². The summed E-state index contributed by atoms with van der Waals surface area (Å²) in [6.45, 7) is 4.52. The highest BCUT2D eigenvalue weighted by Gasteiger charge is 2.40. The second-order valence-corrected chi connectivity index (χ2v) is 11.2. The van der Waals surface area contributed by atoms with Crippen LogP contribution in [0.1, 0.15) is 155 Å². The number of hydrogen-bond donors (Lipinski definition) is 2. The van der Waals surface area contributed by atoms with E-state index in [4.69, 9.17) is 9.47 Å². The van der Waals surface area contributed by atoms with E-state index in [2.05, 4.69) is 13.8 Å². The summed E-state index contributed by atoms with van der Waals surface area (Å²) in [5.41, 5.74) is 0. The van der Waals surface area contributed by atoms with Gasteiger partial charge in [0.1, 0.15) is 0 Å². The molecule has 4 heteroatoms. The van der Waals surface area contributed by atoms with Crippen LogP contribution in [0.2, 0.25) is 0 Å². The topological polar surface area (TPSA) is 58.9 Å². The number of rotatable bonds is 21. The van der Waals surface area contributed by atoms with Gasteiger partial charge in [0.05, 0.1) is 36.6 Å². The van der Waals surface area contributed by atoms with Crippen molar-refractivity contribution in [1.82, 2.24) is 0 Å². The van der Waals surface area contributed by atoms with E-state index in [-0.39, 0.29) is 36.6 Å². The standard InChI is InChI=1S/C30H58O4/c1-3-5-7-9-11-13-15-17-19-25(31)27-21-23-29(33-27)30-24-22-28(34-30)26(32)20-18-16-14-12-10-8-6-4-2/h25-32H,3-24H2,1-2H3/t25-,26-,27-,28-,29-,30-/m1/s1. The summed E-state index contributed by atoms with van der Waals surface area (Å²) >= 11 is 0. The molecule has 2 fully saturated rings. The first-order valence-corrected chi connectivity index (χ1v) is 15.3. The van der Waals surface area contributed by atoms with E-state index in [1.165, 1.54) is 89.9 Å². The van der Waals surface area contributed by atoms with Gasteiger partial charge >= 0.3 is 0 Å². The van der Waals surface area contributed by atoms with Gasteiger partial charge in [-0.2, -0.15) is 0 Å². The minimum absolute atomic E-state index is 0.0283. The quantitative estimate of drug-likeness (QED) is 0.163. The summed E-state index contributed by atoms with van der Waals surface area (Å²) < 4.78 is 12.5. The van der Waals surface area contributed by atoms with Crippen LogP contribution < -0.4 is 0 Å². The van der Waals surface area contributed by atoms with Crippen molar-refractivity contribution in [2.45, 2.75) is 192 Å². The molecule has 2 aliphatic rings. The van der Waals surface area contributed by atoms with Gasteiger partial charge in [-0.15, -0.1) is 0 Å². The molecule has 0 radical (unpaired) electrons. The van der Waals surface area contributed by atoms with Crippen molar-refractivity contribution in [3.63, 3.8) is 0 Å². The third kappa shape index (κ3) is 12.2. The molecule has 0 bridgehead atoms. The molecule has 0 unspecified atom stereocenters. The lowest BCUT2D eigenvalue weighted by atomic mass is 10.0. The van der Waals surface area contributed by atoms with Gasteiger partial charge in [-0.25, -0.2) is 0 Å². The second kappa shape index (κ2) is 19.0. The molecule has 2 N–H and O–H groups in total. The summed E-state index contributed by atoms with van der Waals surface area (Å²) in [4.78, 5) is 0. The molecule has 0 amide bonds. The predicted octanol–water partition coefficient (Wildman–Crippen LogP) is 7.87. The van der Waals surface area contributed by atoms with Crippen molar-refractivity contribution in [1.29, 1.82) is 0 Å². The molecule has 2 rings (SSSR count). The molecule has 4 nitrogen and oxygen atoms in total. The predicted molar refractivity (Wildman–Crippen MR) is 142 cm³/mol. The molecule has 0 aliphatic carbocycles. The van der Waals surface area contributed by atoms with Crippen molar-refractivity contribution in [2.75, 3.05) is 0 Å². The third-order valence-electron chi connectivity index (χ3n) is 8.15. The molecule has 2 heterocycles. The molecule has 0 aromatic heterocycles. The number of aliphatic hydroxyl groups is 2. The maximum absolute atomic E-state index is 10.6. The molecular formula is C30H58O4. The Kier molecular flexibility index (Phi) is 16.8. The Morgan fingerprint density at radius 3 is 1.18 bits per heavy atom. The molecule has 0 saturated carbocycles. The second-order valence-electron chi connectivity index (χ2n) is 11.2. The van der Waals surface area contributed by atoms with Crippen LogP contribution in [0.15, 0.2) is 0 Å². The fourth-order valence-corrected chi connectivity index (χ4v) is 5.84. The van der Waals surface area contributed by atoms with E-state index in [1.807, 2.05) is 0 Å². The smallest absolute Gasteiger partial charge is 0.0842 e. The maximum atomic E-state index is 10.6. The van der Waals surface area contributed by atoms with Gasteiger partial charge in [0, 0.05) is 0 Å². The zero-order chi connectivity index (χ0) is 24.4. The van der Waals surface area contributed by atoms with Gasteiger partial charge in [0.15, 0.2) is 0 Å². The highest BCUT2D eigenvalue weighted by atomic mass is 16.6. The maximum Gasteiger partial charge on any atom is 0.0842 e. The first kappa shape index (κ1) is 30.1. The zero-order valence-corrected chi connectivity index (χ0v) is 22.7. The van der Waals surface area contributed by atoms with Crippen LogP contribution in [0.3, 0.4) is 0 Å². The van der Waals surface area contributed by atoms with Crippen molar-refractivity contribution in [3.05, 3.63) is 0 Å². The Labute approximate surface area is 211 Å². The molecule has 0 aromatic carbocycles. The minimum Gasteiger partial charge on any atom is -0.390 e. The Bertz CT molecular complexity index is 429. The first-order valence-electron chi connectivity index (χ1n) is 15.3. The fraction of sp³-hybridized carbons (Fsp3) is 1.00. The zero-order valence-electron chi connectivity index (χ0n) is 22.7. The number of ether oxygens (including phenoxy) is 2. The van der Waals surface area contributed by atoms with Crippen LogP contribution >= 0.6 is 0 Å². The molecule has 2 aliphatic heterocycles. The summed E-state index contributed by atoms with van der Waals surface area (Å²) in [5, 5.41) is 21.2. The normalized spacial score (nSPS) is 26.8. The molecule has 0 spiro atoms. The van der Waals surface area contributed by atoms with Crippen molar-refractivity contribution in [3.8, 4) is 0 Å². The Morgan fingerprint density at radius 1 is 0.500 bits per heavy atom. The molecule has 202 valence electrons. The minimum atomic E-state index is -0.338. The SMILES string of the molecule is CCCCCCCCCC[C@@H](O)[C@H]1CC[C@H]([C@H]2CC[C@H]([C@H](O)CCCCCCCCCC)O2)O1. The van der Waals surface area contributed by atoms with Crippen LogP contribution in [-0.2, 0) is 9.47 Å². The lowest BCUT2D eigenvalue weighted by Gasteiger charge is -2.24. The molecule has 0 aromatic rings. The highest BCUT2D eigenvalue weighted by Crippen LogP contribution is 2.34. The van der Waals surface area contributed by atoms with Crippen LogP contribution in [-0.4, -0.2) is 46.8 Å².